The number of ketones is 1. The van der Waals surface area contributed by atoms with Gasteiger partial charge in [-0.3, -0.25) is 10.1 Å². The summed E-state index contributed by atoms with van der Waals surface area (Å²) in [5, 5.41) is 1.97. The summed E-state index contributed by atoms with van der Waals surface area (Å²) in [6, 6.07) is 15.5. The highest BCUT2D eigenvalue weighted by Crippen LogP contribution is 2.15. The molecule has 0 radical (unpaired) electrons. The SMILES string of the molecule is Cc1ccc(S(=O)(=O)C(C)NCC(=O)c2ccccc2)cc1. The lowest BCUT2D eigenvalue weighted by molar-refractivity contribution is 0.0990. The number of carbonyl (C=O) groups is 1. The maximum atomic E-state index is 12.4. The molecule has 4 nitrogen and oxygen atoms in total. The fourth-order valence-corrected chi connectivity index (χ4v) is 3.23. The highest BCUT2D eigenvalue weighted by Gasteiger charge is 2.23. The Bertz CT molecular complexity index is 737. The first kappa shape index (κ1) is 16.4. The molecule has 116 valence electrons. The van der Waals surface area contributed by atoms with Gasteiger partial charge in [-0.05, 0) is 26.0 Å². The summed E-state index contributed by atoms with van der Waals surface area (Å²) in [7, 11) is -3.50. The molecule has 5 heteroatoms. The fraction of sp³-hybridized carbons (Fsp3) is 0.235. The predicted octanol–water partition coefficient (Wildman–Crippen LogP) is 2.59. The average molecular weight is 317 g/mol. The molecule has 0 amide bonds. The van der Waals surface area contributed by atoms with Crippen LogP contribution in [0.4, 0.5) is 0 Å². The van der Waals surface area contributed by atoms with Gasteiger partial charge in [0.2, 0.25) is 0 Å². The molecule has 22 heavy (non-hydrogen) atoms. The molecule has 0 saturated carbocycles. The molecule has 0 spiro atoms. The van der Waals surface area contributed by atoms with Crippen LogP contribution in [0.25, 0.3) is 0 Å². The van der Waals surface area contributed by atoms with Gasteiger partial charge in [0.15, 0.2) is 15.6 Å². The zero-order valence-electron chi connectivity index (χ0n) is 12.6. The van der Waals surface area contributed by atoms with Crippen LogP contribution < -0.4 is 5.32 Å². The molecular weight excluding hydrogens is 298 g/mol. The van der Waals surface area contributed by atoms with Gasteiger partial charge in [0.1, 0.15) is 5.37 Å². The third kappa shape index (κ3) is 3.81. The number of sulfone groups is 1. The van der Waals surface area contributed by atoms with Gasteiger partial charge >= 0.3 is 0 Å². The van der Waals surface area contributed by atoms with Crippen molar-refractivity contribution < 1.29 is 13.2 Å². The molecule has 0 heterocycles. The number of carbonyl (C=O) groups excluding carboxylic acids is 1. The monoisotopic (exact) mass is 317 g/mol. The highest BCUT2D eigenvalue weighted by atomic mass is 32.2. The largest absolute Gasteiger partial charge is 0.294 e. The van der Waals surface area contributed by atoms with Crippen LogP contribution in [0.2, 0.25) is 0 Å². The quantitative estimate of drug-likeness (QED) is 0.832. The summed E-state index contributed by atoms with van der Waals surface area (Å²) >= 11 is 0. The van der Waals surface area contributed by atoms with Crippen molar-refractivity contribution in [2.24, 2.45) is 0 Å². The number of aryl methyl sites for hydroxylation is 1. The maximum absolute atomic E-state index is 12.4. The van der Waals surface area contributed by atoms with E-state index in [0.29, 0.717) is 5.56 Å². The molecule has 2 aromatic carbocycles. The Hall–Kier alpha value is -1.98. The second-order valence-electron chi connectivity index (χ2n) is 5.17. The number of nitrogens with one attached hydrogen (secondary N) is 1. The second-order valence-corrected chi connectivity index (χ2v) is 7.44. The van der Waals surface area contributed by atoms with Crippen molar-refractivity contribution in [3.63, 3.8) is 0 Å². The van der Waals surface area contributed by atoms with Crippen LogP contribution in [0.3, 0.4) is 0 Å². The van der Waals surface area contributed by atoms with Crippen molar-refractivity contribution in [2.75, 3.05) is 6.54 Å². The standard InChI is InChI=1S/C17H19NO3S/c1-13-8-10-16(11-9-13)22(20,21)14(2)18-12-17(19)15-6-4-3-5-7-15/h3-11,14,18H,12H2,1-2H3. The number of rotatable bonds is 6. The van der Waals surface area contributed by atoms with Gasteiger partial charge in [0.25, 0.3) is 0 Å². The van der Waals surface area contributed by atoms with Crippen LogP contribution in [-0.2, 0) is 9.84 Å². The van der Waals surface area contributed by atoms with E-state index in [9.17, 15) is 13.2 Å². The molecule has 2 rings (SSSR count). The van der Waals surface area contributed by atoms with Crippen molar-refractivity contribution in [2.45, 2.75) is 24.1 Å². The first-order valence-corrected chi connectivity index (χ1v) is 8.58. The minimum absolute atomic E-state index is 0.0176. The van der Waals surface area contributed by atoms with Gasteiger partial charge in [0.05, 0.1) is 11.4 Å². The molecular formula is C17H19NO3S. The Balaban J connectivity index is 2.04. The van der Waals surface area contributed by atoms with Crippen LogP contribution >= 0.6 is 0 Å². The van der Waals surface area contributed by atoms with Crippen LogP contribution in [0.15, 0.2) is 59.5 Å². The van der Waals surface area contributed by atoms with E-state index in [1.165, 1.54) is 0 Å². The Kier molecular flexibility index (Phi) is 5.11. The topological polar surface area (TPSA) is 63.2 Å². The summed E-state index contributed by atoms with van der Waals surface area (Å²) < 4.78 is 24.8. The second kappa shape index (κ2) is 6.85. The van der Waals surface area contributed by atoms with Gasteiger partial charge in [-0.25, -0.2) is 8.42 Å². The third-order valence-electron chi connectivity index (χ3n) is 3.46. The van der Waals surface area contributed by atoms with Crippen LogP contribution in [-0.4, -0.2) is 26.1 Å². The molecule has 0 fully saturated rings. The summed E-state index contributed by atoms with van der Waals surface area (Å²) in [4.78, 5) is 12.3. The number of benzene rings is 2. The van der Waals surface area contributed by atoms with E-state index in [1.807, 2.05) is 13.0 Å². The zero-order chi connectivity index (χ0) is 16.2. The molecule has 0 aromatic heterocycles. The van der Waals surface area contributed by atoms with E-state index in [-0.39, 0.29) is 17.2 Å². The molecule has 0 saturated heterocycles. The first-order valence-electron chi connectivity index (χ1n) is 7.03. The van der Waals surface area contributed by atoms with E-state index >= 15 is 0 Å². The van der Waals surface area contributed by atoms with E-state index < -0.39 is 15.2 Å². The van der Waals surface area contributed by atoms with Crippen molar-refractivity contribution in [1.82, 2.24) is 5.32 Å². The fourth-order valence-electron chi connectivity index (χ4n) is 2.00. The van der Waals surface area contributed by atoms with E-state index in [4.69, 9.17) is 0 Å². The lowest BCUT2D eigenvalue weighted by Gasteiger charge is -2.14. The van der Waals surface area contributed by atoms with Gasteiger partial charge in [-0.15, -0.1) is 0 Å². The van der Waals surface area contributed by atoms with Gasteiger partial charge in [0, 0.05) is 5.56 Å². The minimum atomic E-state index is -3.50. The predicted molar refractivity (Wildman–Crippen MR) is 86.6 cm³/mol. The van der Waals surface area contributed by atoms with Crippen LogP contribution in [0.5, 0.6) is 0 Å². The van der Waals surface area contributed by atoms with E-state index in [0.717, 1.165) is 5.56 Å². The molecule has 1 atom stereocenters. The minimum Gasteiger partial charge on any atom is -0.294 e. The van der Waals surface area contributed by atoms with E-state index in [1.54, 1.807) is 55.5 Å². The van der Waals surface area contributed by atoms with Crippen molar-refractivity contribution in [3.8, 4) is 0 Å². The van der Waals surface area contributed by atoms with Gasteiger partial charge < -0.3 is 0 Å². The Labute approximate surface area is 131 Å². The zero-order valence-corrected chi connectivity index (χ0v) is 13.4. The van der Waals surface area contributed by atoms with Crippen molar-refractivity contribution >= 4 is 15.6 Å². The van der Waals surface area contributed by atoms with Crippen LogP contribution in [0.1, 0.15) is 22.8 Å². The summed E-state index contributed by atoms with van der Waals surface area (Å²) in [6.45, 7) is 3.43. The molecule has 0 bridgehead atoms. The van der Waals surface area contributed by atoms with Gasteiger partial charge in [-0.2, -0.15) is 0 Å². The molecule has 1 N–H and O–H groups in total. The van der Waals surface area contributed by atoms with Crippen molar-refractivity contribution in [3.05, 3.63) is 65.7 Å². The Morgan fingerprint density at radius 2 is 1.64 bits per heavy atom. The summed E-state index contributed by atoms with van der Waals surface area (Å²) in [5.74, 6) is -0.133. The molecule has 0 aliphatic carbocycles. The maximum Gasteiger partial charge on any atom is 0.193 e. The first-order chi connectivity index (χ1) is 10.4. The number of hydrogen-bond acceptors (Lipinski definition) is 4. The smallest absolute Gasteiger partial charge is 0.193 e. The number of Topliss-reactive ketones (excluding diaryl/α,β-unsaturated/α-hetero) is 1. The summed E-state index contributed by atoms with van der Waals surface area (Å²) in [6.07, 6.45) is 0. The lowest BCUT2D eigenvalue weighted by atomic mass is 10.1. The molecule has 1 unspecified atom stereocenters. The Morgan fingerprint density at radius 3 is 2.23 bits per heavy atom. The molecule has 2 aromatic rings. The Morgan fingerprint density at radius 1 is 1.05 bits per heavy atom. The lowest BCUT2D eigenvalue weighted by Crippen LogP contribution is -2.37. The highest BCUT2D eigenvalue weighted by molar-refractivity contribution is 7.92. The molecule has 0 aliphatic heterocycles. The average Bonchev–Trinajstić information content (AvgIpc) is 2.53. The molecule has 0 aliphatic rings. The number of hydrogen-bond donors (Lipinski definition) is 1. The third-order valence-corrected chi connectivity index (χ3v) is 5.49. The van der Waals surface area contributed by atoms with Crippen LogP contribution in [0, 0.1) is 6.92 Å². The normalized spacial score (nSPS) is 12.8. The van der Waals surface area contributed by atoms with E-state index in [2.05, 4.69) is 5.32 Å². The van der Waals surface area contributed by atoms with Gasteiger partial charge in [-0.1, -0.05) is 48.0 Å². The van der Waals surface area contributed by atoms with Crippen molar-refractivity contribution in [1.29, 1.82) is 0 Å². The summed E-state index contributed by atoms with van der Waals surface area (Å²) in [5.41, 5.74) is 1.56.